The number of nitriles is 1. The van der Waals surface area contributed by atoms with Gasteiger partial charge in [-0.15, -0.1) is 0 Å². The fourth-order valence-corrected chi connectivity index (χ4v) is 2.62. The van der Waals surface area contributed by atoms with E-state index in [0.717, 1.165) is 4.47 Å². The first-order chi connectivity index (χ1) is 9.61. The Labute approximate surface area is 126 Å². The topological polar surface area (TPSA) is 88.1 Å². The van der Waals surface area contributed by atoms with Crippen molar-refractivity contribution in [2.45, 2.75) is 12.8 Å². The summed E-state index contributed by atoms with van der Waals surface area (Å²) in [6.45, 7) is 1.35. The molecule has 0 radical (unpaired) electrons. The van der Waals surface area contributed by atoms with Crippen molar-refractivity contribution in [2.24, 2.45) is 11.1 Å². The first-order valence-corrected chi connectivity index (χ1v) is 7.19. The van der Waals surface area contributed by atoms with Crippen LogP contribution >= 0.6 is 15.9 Å². The highest BCUT2D eigenvalue weighted by molar-refractivity contribution is 9.10. The van der Waals surface area contributed by atoms with Crippen molar-refractivity contribution in [3.05, 3.63) is 28.2 Å². The number of rotatable bonds is 3. The van der Waals surface area contributed by atoms with E-state index in [1.807, 2.05) is 0 Å². The third-order valence-corrected chi connectivity index (χ3v) is 4.17. The van der Waals surface area contributed by atoms with Crippen LogP contribution in [-0.4, -0.2) is 25.7 Å². The number of nitrogens with two attached hydrogens (primary N) is 1. The van der Waals surface area contributed by atoms with Gasteiger partial charge in [-0.1, -0.05) is 15.9 Å². The molecule has 0 aliphatic carbocycles. The van der Waals surface area contributed by atoms with E-state index < -0.39 is 5.41 Å². The Bertz CT molecular complexity index is 548. The van der Waals surface area contributed by atoms with Crippen molar-refractivity contribution in [2.75, 3.05) is 25.1 Å². The van der Waals surface area contributed by atoms with Crippen molar-refractivity contribution in [3.8, 4) is 6.07 Å². The standard InChI is InChI=1S/C14H16BrN3O2/c15-11-1-2-12(10(7-11)8-16)18-13(19)14(9-17)3-5-20-6-4-14/h1-2,7H,3-6,9,17H2,(H,18,19). The van der Waals surface area contributed by atoms with Crippen LogP contribution < -0.4 is 11.1 Å². The van der Waals surface area contributed by atoms with Gasteiger partial charge in [-0.25, -0.2) is 0 Å². The Kier molecular flexibility index (Phi) is 4.76. The van der Waals surface area contributed by atoms with Gasteiger partial charge >= 0.3 is 0 Å². The minimum atomic E-state index is -0.599. The van der Waals surface area contributed by atoms with Crippen LogP contribution in [0, 0.1) is 16.7 Å². The molecule has 1 amide bonds. The van der Waals surface area contributed by atoms with Crippen LogP contribution in [0.1, 0.15) is 18.4 Å². The number of carbonyl (C=O) groups excluding carboxylic acids is 1. The maximum Gasteiger partial charge on any atom is 0.232 e. The second-order valence-corrected chi connectivity index (χ2v) is 5.77. The van der Waals surface area contributed by atoms with Gasteiger partial charge in [0.15, 0.2) is 0 Å². The molecule has 0 aromatic heterocycles. The van der Waals surface area contributed by atoms with Gasteiger partial charge in [0.2, 0.25) is 5.91 Å². The number of nitrogens with one attached hydrogen (secondary N) is 1. The van der Waals surface area contributed by atoms with Gasteiger partial charge in [-0.2, -0.15) is 5.26 Å². The highest BCUT2D eigenvalue weighted by Gasteiger charge is 2.39. The summed E-state index contributed by atoms with van der Waals surface area (Å²) in [5, 5.41) is 12.0. The summed E-state index contributed by atoms with van der Waals surface area (Å²) in [7, 11) is 0. The van der Waals surface area contributed by atoms with Gasteiger partial charge < -0.3 is 15.8 Å². The van der Waals surface area contributed by atoms with E-state index >= 15 is 0 Å². The van der Waals surface area contributed by atoms with Gasteiger partial charge in [0, 0.05) is 24.2 Å². The van der Waals surface area contributed by atoms with Crippen LogP contribution in [0.3, 0.4) is 0 Å². The molecule has 1 aromatic rings. The summed E-state index contributed by atoms with van der Waals surface area (Å²) in [5.74, 6) is -0.137. The zero-order valence-electron chi connectivity index (χ0n) is 11.0. The molecule has 1 saturated heterocycles. The Hall–Kier alpha value is -1.42. The molecule has 1 aromatic carbocycles. The molecular formula is C14H16BrN3O2. The summed E-state index contributed by atoms with van der Waals surface area (Å²) >= 11 is 3.30. The van der Waals surface area contributed by atoms with E-state index in [2.05, 4.69) is 27.3 Å². The number of hydrogen-bond acceptors (Lipinski definition) is 4. The molecule has 5 nitrogen and oxygen atoms in total. The predicted octanol–water partition coefficient (Wildman–Crippen LogP) is 2.01. The number of amides is 1. The molecule has 0 saturated carbocycles. The number of halogens is 1. The Balaban J connectivity index is 2.21. The van der Waals surface area contributed by atoms with E-state index in [-0.39, 0.29) is 12.5 Å². The normalized spacial score (nSPS) is 17.2. The molecule has 20 heavy (non-hydrogen) atoms. The minimum absolute atomic E-state index is 0.137. The quantitative estimate of drug-likeness (QED) is 0.882. The fourth-order valence-electron chi connectivity index (χ4n) is 2.26. The first kappa shape index (κ1) is 15.0. The molecule has 1 aliphatic heterocycles. The van der Waals surface area contributed by atoms with Crippen molar-refractivity contribution in [3.63, 3.8) is 0 Å². The maximum atomic E-state index is 12.5. The number of ether oxygens (including phenoxy) is 1. The molecule has 3 N–H and O–H groups in total. The zero-order valence-corrected chi connectivity index (χ0v) is 12.6. The lowest BCUT2D eigenvalue weighted by Gasteiger charge is -2.34. The molecule has 2 rings (SSSR count). The Morgan fingerprint density at radius 3 is 2.80 bits per heavy atom. The SMILES string of the molecule is N#Cc1cc(Br)ccc1NC(=O)C1(CN)CCOCC1. The summed E-state index contributed by atoms with van der Waals surface area (Å²) in [5.41, 5.74) is 6.14. The molecule has 0 atom stereocenters. The highest BCUT2D eigenvalue weighted by atomic mass is 79.9. The van der Waals surface area contributed by atoms with E-state index in [1.165, 1.54) is 0 Å². The number of hydrogen-bond donors (Lipinski definition) is 2. The maximum absolute atomic E-state index is 12.5. The van der Waals surface area contributed by atoms with Gasteiger partial charge in [-0.05, 0) is 31.0 Å². The van der Waals surface area contributed by atoms with Crippen LogP contribution in [0.5, 0.6) is 0 Å². The van der Waals surface area contributed by atoms with Gasteiger partial charge in [0.05, 0.1) is 16.7 Å². The van der Waals surface area contributed by atoms with E-state index in [1.54, 1.807) is 18.2 Å². The monoisotopic (exact) mass is 337 g/mol. The summed E-state index contributed by atoms with van der Waals surface area (Å²) in [4.78, 5) is 12.5. The molecule has 1 aliphatic rings. The van der Waals surface area contributed by atoms with Crippen LogP contribution in [-0.2, 0) is 9.53 Å². The third kappa shape index (κ3) is 3.01. The van der Waals surface area contributed by atoms with Gasteiger partial charge in [0.1, 0.15) is 6.07 Å². The lowest BCUT2D eigenvalue weighted by Crippen LogP contribution is -2.46. The molecule has 0 bridgehead atoms. The predicted molar refractivity (Wildman–Crippen MR) is 79.0 cm³/mol. The minimum Gasteiger partial charge on any atom is -0.381 e. The average molecular weight is 338 g/mol. The Morgan fingerprint density at radius 2 is 2.20 bits per heavy atom. The van der Waals surface area contributed by atoms with E-state index in [9.17, 15) is 4.79 Å². The highest BCUT2D eigenvalue weighted by Crippen LogP contribution is 2.31. The first-order valence-electron chi connectivity index (χ1n) is 6.40. The largest absolute Gasteiger partial charge is 0.381 e. The van der Waals surface area contributed by atoms with Gasteiger partial charge in [0.25, 0.3) is 0 Å². The van der Waals surface area contributed by atoms with Crippen LogP contribution in [0.15, 0.2) is 22.7 Å². The number of benzene rings is 1. The van der Waals surface area contributed by atoms with E-state index in [4.69, 9.17) is 15.7 Å². The van der Waals surface area contributed by atoms with Crippen molar-refractivity contribution in [1.29, 1.82) is 5.26 Å². The molecule has 1 fully saturated rings. The number of anilines is 1. The smallest absolute Gasteiger partial charge is 0.232 e. The van der Waals surface area contributed by atoms with Gasteiger partial charge in [-0.3, -0.25) is 4.79 Å². The molecule has 106 valence electrons. The average Bonchev–Trinajstić information content (AvgIpc) is 2.49. The molecule has 6 heteroatoms. The van der Waals surface area contributed by atoms with Crippen LogP contribution in [0.4, 0.5) is 5.69 Å². The molecule has 1 heterocycles. The second kappa shape index (κ2) is 6.35. The summed E-state index contributed by atoms with van der Waals surface area (Å²) < 4.78 is 6.09. The summed E-state index contributed by atoms with van der Waals surface area (Å²) in [6.07, 6.45) is 1.21. The second-order valence-electron chi connectivity index (χ2n) is 4.85. The molecule has 0 unspecified atom stereocenters. The lowest BCUT2D eigenvalue weighted by atomic mass is 9.79. The lowest BCUT2D eigenvalue weighted by molar-refractivity contribution is -0.130. The molecular weight excluding hydrogens is 322 g/mol. The van der Waals surface area contributed by atoms with Crippen molar-refractivity contribution in [1.82, 2.24) is 0 Å². The summed E-state index contributed by atoms with van der Waals surface area (Å²) in [6, 6.07) is 7.25. The fraction of sp³-hybridized carbons (Fsp3) is 0.429. The number of nitrogens with zero attached hydrogens (tertiary/aromatic N) is 1. The van der Waals surface area contributed by atoms with E-state index in [0.29, 0.717) is 37.3 Å². The Morgan fingerprint density at radius 1 is 1.50 bits per heavy atom. The molecule has 0 spiro atoms. The zero-order chi connectivity index (χ0) is 14.6. The van der Waals surface area contributed by atoms with Crippen LogP contribution in [0.2, 0.25) is 0 Å². The van der Waals surface area contributed by atoms with Crippen molar-refractivity contribution < 1.29 is 9.53 Å². The van der Waals surface area contributed by atoms with Crippen LogP contribution in [0.25, 0.3) is 0 Å². The van der Waals surface area contributed by atoms with Crippen molar-refractivity contribution >= 4 is 27.5 Å². The third-order valence-electron chi connectivity index (χ3n) is 3.67. The number of carbonyl (C=O) groups is 1.